The van der Waals surface area contributed by atoms with E-state index in [1.54, 1.807) is 0 Å². The van der Waals surface area contributed by atoms with Gasteiger partial charge in [0.05, 0.1) is 18.7 Å². The molecule has 0 aliphatic heterocycles. The number of esters is 1. The Hall–Kier alpha value is -0.550. The zero-order valence-corrected chi connectivity index (χ0v) is 9.95. The molecule has 3 nitrogen and oxygen atoms in total. The topological polar surface area (TPSA) is 39.2 Å². The summed E-state index contributed by atoms with van der Waals surface area (Å²) in [6, 6.07) is 0. The third-order valence-corrected chi connectivity index (χ3v) is 3.14. The molecule has 0 N–H and O–H groups in total. The minimum atomic E-state index is -0.152. The predicted octanol–water partition coefficient (Wildman–Crippen LogP) is 2.24. The van der Waals surface area contributed by atoms with Gasteiger partial charge in [0.25, 0.3) is 0 Å². The molecule has 78 valence electrons. The Morgan fingerprint density at radius 3 is 2.86 bits per heavy atom. The largest absolute Gasteiger partial charge is 0.466 e. The van der Waals surface area contributed by atoms with Crippen molar-refractivity contribution in [3.8, 4) is 0 Å². The molecule has 0 spiro atoms. The Balaban J connectivity index is 2.45. The maximum Gasteiger partial charge on any atom is 0.306 e. The van der Waals surface area contributed by atoms with E-state index < -0.39 is 0 Å². The molecule has 1 heterocycles. The van der Waals surface area contributed by atoms with Gasteiger partial charge < -0.3 is 4.74 Å². The van der Waals surface area contributed by atoms with E-state index in [0.29, 0.717) is 19.4 Å². The van der Waals surface area contributed by atoms with E-state index in [1.165, 1.54) is 11.3 Å². The lowest BCUT2D eigenvalue weighted by atomic mass is 10.2. The highest BCUT2D eigenvalue weighted by molar-refractivity contribution is 7.82. The zero-order chi connectivity index (χ0) is 10.6. The van der Waals surface area contributed by atoms with Crippen molar-refractivity contribution in [1.82, 2.24) is 4.98 Å². The Bertz CT molecular complexity index is 323. The molecule has 1 aromatic heterocycles. The molecule has 0 saturated carbocycles. The predicted molar refractivity (Wildman–Crippen MR) is 59.1 cm³/mol. The molecule has 0 aliphatic carbocycles. The lowest BCUT2D eigenvalue weighted by molar-refractivity contribution is -0.143. The van der Waals surface area contributed by atoms with Crippen LogP contribution in [0, 0.1) is 6.92 Å². The van der Waals surface area contributed by atoms with Crippen molar-refractivity contribution in [1.29, 1.82) is 0 Å². The Kier molecular flexibility index (Phi) is 4.41. The number of carbonyl (C=O) groups is 1. The summed E-state index contributed by atoms with van der Waals surface area (Å²) >= 11 is 5.67. The number of nitrogens with zero attached hydrogens (tertiary/aromatic N) is 1. The average molecular weight is 231 g/mol. The van der Waals surface area contributed by atoms with Gasteiger partial charge in [0.1, 0.15) is 4.34 Å². The summed E-state index contributed by atoms with van der Waals surface area (Å²) in [6.07, 6.45) is 1.12. The summed E-state index contributed by atoms with van der Waals surface area (Å²) in [4.78, 5) is 16.4. The first-order valence-corrected chi connectivity index (χ1v) is 5.70. The molecule has 0 unspecified atom stereocenters. The highest BCUT2D eigenvalue weighted by Gasteiger charge is 2.08. The summed E-state index contributed by atoms with van der Waals surface area (Å²) in [7, 11) is 0. The van der Waals surface area contributed by atoms with E-state index in [1.807, 2.05) is 13.8 Å². The van der Waals surface area contributed by atoms with Crippen LogP contribution in [0.25, 0.3) is 0 Å². The molecule has 5 heteroatoms. The van der Waals surface area contributed by atoms with Crippen LogP contribution in [0.15, 0.2) is 4.34 Å². The number of hydrogen-bond donors (Lipinski definition) is 1. The number of ether oxygens (including phenoxy) is 1. The first-order chi connectivity index (χ1) is 6.63. The molecule has 1 aromatic rings. The van der Waals surface area contributed by atoms with E-state index in [0.717, 1.165) is 14.9 Å². The van der Waals surface area contributed by atoms with Crippen LogP contribution < -0.4 is 0 Å². The number of carbonyl (C=O) groups excluding carboxylic acids is 1. The lowest BCUT2D eigenvalue weighted by Gasteiger charge is -2.00. The minimum absolute atomic E-state index is 0.152. The molecule has 0 fully saturated rings. The van der Waals surface area contributed by atoms with Crippen molar-refractivity contribution in [3.63, 3.8) is 0 Å². The van der Waals surface area contributed by atoms with E-state index in [9.17, 15) is 4.79 Å². The van der Waals surface area contributed by atoms with Crippen LogP contribution in [-0.2, 0) is 16.0 Å². The van der Waals surface area contributed by atoms with Crippen molar-refractivity contribution in [2.24, 2.45) is 0 Å². The SMILES string of the molecule is CCOC(=O)CCc1sc(S)nc1C. The normalized spacial score (nSPS) is 10.2. The van der Waals surface area contributed by atoms with Crippen molar-refractivity contribution >= 4 is 29.9 Å². The van der Waals surface area contributed by atoms with Crippen LogP contribution in [0.3, 0.4) is 0 Å². The number of aryl methyl sites for hydroxylation is 2. The van der Waals surface area contributed by atoms with E-state index in [4.69, 9.17) is 4.74 Å². The molecule has 0 amide bonds. The number of aromatic nitrogens is 1. The van der Waals surface area contributed by atoms with E-state index in [-0.39, 0.29) is 5.97 Å². The molecule has 14 heavy (non-hydrogen) atoms. The molecule has 1 rings (SSSR count). The van der Waals surface area contributed by atoms with Gasteiger partial charge >= 0.3 is 5.97 Å². The van der Waals surface area contributed by atoms with Crippen LogP contribution in [0.5, 0.6) is 0 Å². The monoisotopic (exact) mass is 231 g/mol. The average Bonchev–Trinajstić information content (AvgIpc) is 2.42. The van der Waals surface area contributed by atoms with Gasteiger partial charge in [-0.05, 0) is 20.3 Å². The van der Waals surface area contributed by atoms with E-state index >= 15 is 0 Å². The van der Waals surface area contributed by atoms with Gasteiger partial charge in [0.2, 0.25) is 0 Å². The number of thiazole rings is 1. The fraction of sp³-hybridized carbons (Fsp3) is 0.556. The summed E-state index contributed by atoms with van der Waals surface area (Å²) in [5.74, 6) is -0.152. The maximum absolute atomic E-state index is 11.1. The van der Waals surface area contributed by atoms with Gasteiger partial charge in [0.15, 0.2) is 0 Å². The van der Waals surface area contributed by atoms with Gasteiger partial charge in [-0.25, -0.2) is 4.98 Å². The van der Waals surface area contributed by atoms with Gasteiger partial charge in [-0.2, -0.15) is 0 Å². The maximum atomic E-state index is 11.1. The third kappa shape index (κ3) is 3.31. The molecule has 0 aliphatic rings. The van der Waals surface area contributed by atoms with Crippen LogP contribution in [-0.4, -0.2) is 17.6 Å². The van der Waals surface area contributed by atoms with Crippen LogP contribution >= 0.6 is 24.0 Å². The molecule has 0 saturated heterocycles. The van der Waals surface area contributed by atoms with Crippen molar-refractivity contribution in [2.75, 3.05) is 6.61 Å². The third-order valence-electron chi connectivity index (χ3n) is 1.74. The molecule has 0 bridgehead atoms. The number of thiol groups is 1. The Labute approximate surface area is 92.9 Å². The second-order valence-electron chi connectivity index (χ2n) is 2.81. The van der Waals surface area contributed by atoms with Crippen molar-refractivity contribution in [2.45, 2.75) is 31.0 Å². The highest BCUT2D eigenvalue weighted by atomic mass is 32.2. The number of rotatable bonds is 4. The van der Waals surface area contributed by atoms with Gasteiger partial charge in [-0.15, -0.1) is 24.0 Å². The van der Waals surface area contributed by atoms with Crippen LogP contribution in [0.2, 0.25) is 0 Å². The summed E-state index contributed by atoms with van der Waals surface area (Å²) in [6.45, 7) is 4.18. The molecule has 0 atom stereocenters. The fourth-order valence-corrected chi connectivity index (χ4v) is 2.37. The minimum Gasteiger partial charge on any atom is -0.466 e. The van der Waals surface area contributed by atoms with Gasteiger partial charge in [-0.3, -0.25) is 4.79 Å². The summed E-state index contributed by atoms with van der Waals surface area (Å²) < 4.78 is 5.59. The highest BCUT2D eigenvalue weighted by Crippen LogP contribution is 2.22. The second-order valence-corrected chi connectivity index (χ2v) is 4.62. The van der Waals surface area contributed by atoms with Crippen LogP contribution in [0.4, 0.5) is 0 Å². The molecular formula is C9H13NO2S2. The Morgan fingerprint density at radius 1 is 1.64 bits per heavy atom. The van der Waals surface area contributed by atoms with E-state index in [2.05, 4.69) is 17.6 Å². The molecule has 0 radical (unpaired) electrons. The first-order valence-electron chi connectivity index (χ1n) is 4.44. The molecule has 0 aromatic carbocycles. The van der Waals surface area contributed by atoms with Gasteiger partial charge in [-0.1, -0.05) is 0 Å². The Morgan fingerprint density at radius 2 is 2.36 bits per heavy atom. The van der Waals surface area contributed by atoms with Crippen molar-refractivity contribution < 1.29 is 9.53 Å². The van der Waals surface area contributed by atoms with Crippen LogP contribution in [0.1, 0.15) is 23.9 Å². The summed E-state index contributed by atoms with van der Waals surface area (Å²) in [5.41, 5.74) is 0.962. The van der Waals surface area contributed by atoms with Crippen molar-refractivity contribution in [3.05, 3.63) is 10.6 Å². The van der Waals surface area contributed by atoms with Gasteiger partial charge in [0, 0.05) is 4.88 Å². The zero-order valence-electron chi connectivity index (χ0n) is 8.24. The lowest BCUT2D eigenvalue weighted by Crippen LogP contribution is -2.04. The smallest absolute Gasteiger partial charge is 0.306 e. The quantitative estimate of drug-likeness (QED) is 0.638. The second kappa shape index (κ2) is 5.36. The fourth-order valence-electron chi connectivity index (χ4n) is 1.09. The standard InChI is InChI=1S/C9H13NO2S2/c1-3-12-8(11)5-4-7-6(2)10-9(13)14-7/h3-5H2,1-2H3,(H,10,13). The first kappa shape index (κ1) is 11.5. The summed E-state index contributed by atoms with van der Waals surface area (Å²) in [5, 5.41) is 0. The number of hydrogen-bond acceptors (Lipinski definition) is 5. The molecular weight excluding hydrogens is 218 g/mol.